The monoisotopic (exact) mass is 427 g/mol. The second-order valence-corrected chi connectivity index (χ2v) is 8.02. The predicted molar refractivity (Wildman–Crippen MR) is 114 cm³/mol. The maximum Gasteiger partial charge on any atom is 0.262 e. The van der Waals surface area contributed by atoms with Crippen LogP contribution in [0.5, 0.6) is 5.75 Å². The van der Waals surface area contributed by atoms with Gasteiger partial charge in [-0.1, -0.05) is 29.3 Å². The van der Waals surface area contributed by atoms with E-state index in [0.717, 1.165) is 12.0 Å². The molecule has 1 saturated heterocycles. The van der Waals surface area contributed by atoms with E-state index >= 15 is 0 Å². The molecule has 2 heterocycles. The van der Waals surface area contributed by atoms with Crippen molar-refractivity contribution in [3.8, 4) is 5.75 Å². The van der Waals surface area contributed by atoms with Crippen molar-refractivity contribution in [2.24, 2.45) is 5.92 Å². The number of hydrogen-bond donors (Lipinski definition) is 2. The molecule has 8 heteroatoms. The van der Waals surface area contributed by atoms with Crippen LogP contribution in [0, 0.1) is 12.8 Å². The summed E-state index contributed by atoms with van der Waals surface area (Å²) in [6, 6.07) is 10.6. The fourth-order valence-corrected chi connectivity index (χ4v) is 3.90. The van der Waals surface area contributed by atoms with E-state index in [1.165, 1.54) is 0 Å². The first kappa shape index (κ1) is 20.2. The van der Waals surface area contributed by atoms with Crippen LogP contribution in [0.25, 0.3) is 0 Å². The van der Waals surface area contributed by atoms with Gasteiger partial charge in [0.1, 0.15) is 5.75 Å². The standard InChI is InChI=1S/C22H22ClN3O4/c1-13-4-6-14(7-5-13)22(29)26-8-2-3-15(11-26)21(28)25-17-10-19-18(9-16(17)23)24-20(27)12-30-19/h4-7,9-10,15H,2-3,8,11-12H2,1H3,(H,24,27)(H,25,28). The molecule has 0 saturated carbocycles. The van der Waals surface area contributed by atoms with Gasteiger partial charge in [0.15, 0.2) is 6.61 Å². The molecular weight excluding hydrogens is 406 g/mol. The highest BCUT2D eigenvalue weighted by atomic mass is 35.5. The summed E-state index contributed by atoms with van der Waals surface area (Å²) in [6.07, 6.45) is 1.45. The number of aryl methyl sites for hydroxylation is 1. The summed E-state index contributed by atoms with van der Waals surface area (Å²) in [5, 5.41) is 5.83. The highest BCUT2D eigenvalue weighted by Crippen LogP contribution is 2.36. The van der Waals surface area contributed by atoms with Gasteiger partial charge < -0.3 is 20.3 Å². The number of amides is 3. The van der Waals surface area contributed by atoms with E-state index in [-0.39, 0.29) is 30.2 Å². The number of nitrogens with one attached hydrogen (secondary N) is 2. The summed E-state index contributed by atoms with van der Waals surface area (Å²) < 4.78 is 5.39. The Kier molecular flexibility index (Phi) is 5.63. The zero-order valence-electron chi connectivity index (χ0n) is 16.5. The molecule has 3 amide bonds. The van der Waals surface area contributed by atoms with Crippen LogP contribution in [0.15, 0.2) is 36.4 Å². The molecule has 0 spiro atoms. The summed E-state index contributed by atoms with van der Waals surface area (Å²) in [5.41, 5.74) is 2.60. The number of nitrogens with zero attached hydrogens (tertiary/aromatic N) is 1. The minimum Gasteiger partial charge on any atom is -0.482 e. The third kappa shape index (κ3) is 4.26. The normalized spacial score (nSPS) is 18.1. The Labute approximate surface area is 179 Å². The van der Waals surface area contributed by atoms with Crippen molar-refractivity contribution in [2.75, 3.05) is 30.3 Å². The first-order chi connectivity index (χ1) is 14.4. The summed E-state index contributed by atoms with van der Waals surface area (Å²) in [4.78, 5) is 38.8. The third-order valence-electron chi connectivity index (χ3n) is 5.34. The number of fused-ring (bicyclic) bond motifs is 1. The number of benzene rings is 2. The van der Waals surface area contributed by atoms with E-state index in [2.05, 4.69) is 10.6 Å². The molecule has 2 N–H and O–H groups in total. The Bertz CT molecular complexity index is 1010. The summed E-state index contributed by atoms with van der Waals surface area (Å²) in [7, 11) is 0. The number of carbonyl (C=O) groups is 3. The van der Waals surface area contributed by atoms with Crippen molar-refractivity contribution in [3.05, 3.63) is 52.5 Å². The number of hydrogen-bond acceptors (Lipinski definition) is 4. The first-order valence-electron chi connectivity index (χ1n) is 9.84. The topological polar surface area (TPSA) is 87.7 Å². The van der Waals surface area contributed by atoms with Gasteiger partial charge in [0.05, 0.1) is 22.3 Å². The van der Waals surface area contributed by atoms with Crippen molar-refractivity contribution in [1.29, 1.82) is 0 Å². The Morgan fingerprint density at radius 2 is 2.00 bits per heavy atom. The average molecular weight is 428 g/mol. The lowest BCUT2D eigenvalue weighted by Crippen LogP contribution is -2.43. The minimum absolute atomic E-state index is 0.0662. The highest BCUT2D eigenvalue weighted by molar-refractivity contribution is 6.34. The number of rotatable bonds is 3. The summed E-state index contributed by atoms with van der Waals surface area (Å²) in [6.45, 7) is 2.87. The van der Waals surface area contributed by atoms with Crippen LogP contribution in [0.4, 0.5) is 11.4 Å². The Hall–Kier alpha value is -3.06. The Morgan fingerprint density at radius 3 is 2.77 bits per heavy atom. The lowest BCUT2D eigenvalue weighted by atomic mass is 9.96. The van der Waals surface area contributed by atoms with E-state index in [1.54, 1.807) is 17.0 Å². The zero-order chi connectivity index (χ0) is 21.3. The van der Waals surface area contributed by atoms with Crippen LogP contribution in [-0.2, 0) is 9.59 Å². The molecule has 2 aliphatic rings. The summed E-state index contributed by atoms with van der Waals surface area (Å²) >= 11 is 6.28. The quantitative estimate of drug-likeness (QED) is 0.785. The van der Waals surface area contributed by atoms with Crippen LogP contribution >= 0.6 is 11.6 Å². The number of likely N-dealkylation sites (tertiary alicyclic amines) is 1. The smallest absolute Gasteiger partial charge is 0.262 e. The molecule has 156 valence electrons. The van der Waals surface area contributed by atoms with Crippen LogP contribution in [0.2, 0.25) is 5.02 Å². The van der Waals surface area contributed by atoms with Gasteiger partial charge in [-0.15, -0.1) is 0 Å². The SMILES string of the molecule is Cc1ccc(C(=O)N2CCCC(C(=O)Nc3cc4c(cc3Cl)NC(=O)CO4)C2)cc1. The molecule has 1 atom stereocenters. The molecule has 7 nitrogen and oxygen atoms in total. The zero-order valence-corrected chi connectivity index (χ0v) is 17.3. The second-order valence-electron chi connectivity index (χ2n) is 7.61. The van der Waals surface area contributed by atoms with Gasteiger partial charge >= 0.3 is 0 Å². The number of ether oxygens (including phenoxy) is 1. The molecule has 1 fully saturated rings. The largest absolute Gasteiger partial charge is 0.482 e. The van der Waals surface area contributed by atoms with Crippen molar-refractivity contribution in [3.63, 3.8) is 0 Å². The maximum atomic E-state index is 12.9. The van der Waals surface area contributed by atoms with Gasteiger partial charge in [-0.25, -0.2) is 0 Å². The maximum absolute atomic E-state index is 12.9. The molecule has 2 aliphatic heterocycles. The molecule has 0 aliphatic carbocycles. The predicted octanol–water partition coefficient (Wildman–Crippen LogP) is 3.47. The fraction of sp³-hybridized carbons (Fsp3) is 0.318. The lowest BCUT2D eigenvalue weighted by molar-refractivity contribution is -0.121. The number of halogens is 1. The number of anilines is 2. The van der Waals surface area contributed by atoms with Gasteiger partial charge in [-0.3, -0.25) is 14.4 Å². The molecule has 0 bridgehead atoms. The Balaban J connectivity index is 1.44. The molecule has 4 rings (SSSR count). The van der Waals surface area contributed by atoms with Gasteiger partial charge in [0.2, 0.25) is 5.91 Å². The molecule has 0 aromatic heterocycles. The Morgan fingerprint density at radius 1 is 1.23 bits per heavy atom. The molecule has 2 aromatic rings. The number of piperidine rings is 1. The minimum atomic E-state index is -0.333. The molecule has 2 aromatic carbocycles. The number of carbonyl (C=O) groups excluding carboxylic acids is 3. The van der Waals surface area contributed by atoms with Crippen molar-refractivity contribution in [1.82, 2.24) is 4.90 Å². The van der Waals surface area contributed by atoms with Crippen LogP contribution in [0.3, 0.4) is 0 Å². The fourth-order valence-electron chi connectivity index (χ4n) is 3.68. The lowest BCUT2D eigenvalue weighted by Gasteiger charge is -2.32. The van der Waals surface area contributed by atoms with Crippen LogP contribution in [-0.4, -0.2) is 42.3 Å². The van der Waals surface area contributed by atoms with Gasteiger partial charge in [-0.05, 0) is 38.0 Å². The van der Waals surface area contributed by atoms with Crippen molar-refractivity contribution >= 4 is 40.7 Å². The van der Waals surface area contributed by atoms with Crippen molar-refractivity contribution in [2.45, 2.75) is 19.8 Å². The second kappa shape index (κ2) is 8.36. The van der Waals surface area contributed by atoms with Gasteiger partial charge in [0.25, 0.3) is 11.8 Å². The third-order valence-corrected chi connectivity index (χ3v) is 5.65. The van der Waals surface area contributed by atoms with Gasteiger partial charge in [-0.2, -0.15) is 0 Å². The molecule has 0 radical (unpaired) electrons. The van der Waals surface area contributed by atoms with E-state index in [4.69, 9.17) is 16.3 Å². The van der Waals surface area contributed by atoms with E-state index in [1.807, 2.05) is 31.2 Å². The average Bonchev–Trinajstić information content (AvgIpc) is 2.74. The summed E-state index contributed by atoms with van der Waals surface area (Å²) in [5.74, 6) is -0.396. The molecular formula is C22H22ClN3O4. The van der Waals surface area contributed by atoms with E-state index < -0.39 is 0 Å². The van der Waals surface area contributed by atoms with Crippen molar-refractivity contribution < 1.29 is 19.1 Å². The molecule has 30 heavy (non-hydrogen) atoms. The van der Waals surface area contributed by atoms with Gasteiger partial charge in [0, 0.05) is 24.7 Å². The molecule has 1 unspecified atom stereocenters. The van der Waals surface area contributed by atoms with Crippen LogP contribution < -0.4 is 15.4 Å². The highest BCUT2D eigenvalue weighted by Gasteiger charge is 2.29. The van der Waals surface area contributed by atoms with Crippen LogP contribution in [0.1, 0.15) is 28.8 Å². The van der Waals surface area contributed by atoms with E-state index in [9.17, 15) is 14.4 Å². The first-order valence-corrected chi connectivity index (χ1v) is 10.2. The van der Waals surface area contributed by atoms with E-state index in [0.29, 0.717) is 47.2 Å².